The fourth-order valence-electron chi connectivity index (χ4n) is 2.53. The van der Waals surface area contributed by atoms with E-state index in [2.05, 4.69) is 0 Å². The second-order valence-electron chi connectivity index (χ2n) is 8.89. The molecule has 0 radical (unpaired) electrons. The van der Waals surface area contributed by atoms with Crippen LogP contribution >= 0.6 is 0 Å². The third-order valence-corrected chi connectivity index (χ3v) is 3.66. The molecule has 0 N–H and O–H groups in total. The van der Waals surface area contributed by atoms with Crippen LogP contribution in [-0.2, 0) is 25.4 Å². The van der Waals surface area contributed by atoms with Crippen molar-refractivity contribution in [2.75, 3.05) is 6.61 Å². The van der Waals surface area contributed by atoms with Crippen molar-refractivity contribution in [2.24, 2.45) is 0 Å². The zero-order valence-corrected chi connectivity index (χ0v) is 23.6. The second kappa shape index (κ2) is 14.1. The minimum atomic E-state index is -0.972. The van der Waals surface area contributed by atoms with E-state index in [1.165, 1.54) is 18.4 Å². The molecule has 7 nitrogen and oxygen atoms in total. The van der Waals surface area contributed by atoms with Crippen LogP contribution in [0.3, 0.4) is 0 Å². The van der Waals surface area contributed by atoms with Gasteiger partial charge in [0.2, 0.25) is 0 Å². The number of nitrogens with zero attached hydrogens (tertiary/aromatic N) is 1. The summed E-state index contributed by atoms with van der Waals surface area (Å²) in [5, 5.41) is 12.0. The molecule has 0 aliphatic rings. The maximum Gasteiger partial charge on any atom is 1.00 e. The van der Waals surface area contributed by atoms with E-state index < -0.39 is 35.3 Å². The molecule has 172 valence electrons. The Balaban J connectivity index is 0.00000961. The number of benzene rings is 1. The number of carbonyl (C=O) groups is 2. The fourth-order valence-corrected chi connectivity index (χ4v) is 2.53. The van der Waals surface area contributed by atoms with Gasteiger partial charge in [-0.2, -0.15) is 0 Å². The number of amides is 1. The number of allylic oxidation sites excluding steroid dienone is 2. The van der Waals surface area contributed by atoms with Crippen molar-refractivity contribution in [1.82, 2.24) is 4.90 Å². The molecule has 1 aromatic carbocycles. The minimum Gasteiger partial charge on any atom is -0.608 e. The van der Waals surface area contributed by atoms with Gasteiger partial charge in [-0.25, -0.2) is 9.59 Å². The molecule has 32 heavy (non-hydrogen) atoms. The largest absolute Gasteiger partial charge is 1.00 e. The summed E-state index contributed by atoms with van der Waals surface area (Å²) < 4.78 is 15.9. The molecule has 0 aliphatic carbocycles. The van der Waals surface area contributed by atoms with Crippen LogP contribution < -0.4 is 56.5 Å². The van der Waals surface area contributed by atoms with Gasteiger partial charge in [0.05, 0.1) is 12.6 Å². The molecule has 0 aliphatic heterocycles. The molecule has 0 saturated carbocycles. The third-order valence-electron chi connectivity index (χ3n) is 3.66. The first kappa shape index (κ1) is 30.7. The van der Waals surface area contributed by atoms with Gasteiger partial charge >= 0.3 is 63.4 Å². The molecule has 0 bridgehead atoms. The monoisotopic (exact) mass is 471 g/mol. The van der Waals surface area contributed by atoms with Crippen LogP contribution in [0.15, 0.2) is 54.6 Å². The van der Waals surface area contributed by atoms with Gasteiger partial charge < -0.3 is 19.3 Å². The number of hydrogen-bond donors (Lipinski definition) is 0. The molecule has 8 heteroatoms. The topological polar surface area (TPSA) is 88.1 Å². The second-order valence-corrected chi connectivity index (χ2v) is 8.89. The Labute approximate surface area is 234 Å². The van der Waals surface area contributed by atoms with E-state index in [4.69, 9.17) is 14.2 Å². The van der Waals surface area contributed by atoms with Gasteiger partial charge in [-0.1, -0.05) is 51.1 Å². The van der Waals surface area contributed by atoms with Gasteiger partial charge in [-0.15, -0.1) is 0 Å². The normalized spacial score (nSPS) is 13.2. The fraction of sp³-hybridized carbons (Fsp3) is 0.500. The number of hydrogen-bond acceptors (Lipinski definition) is 6. The Kier molecular flexibility index (Phi) is 13.5. The Morgan fingerprint density at radius 3 is 2.09 bits per heavy atom. The SMILES string of the molecule is CCOC(=O)[C@H](Cc1ccccc1)N(/C=C/C=C([O-])OC(C)(C)C)C(=O)OC(C)(C)C.[K+]. The van der Waals surface area contributed by atoms with Crippen LogP contribution in [0.2, 0.25) is 0 Å². The Morgan fingerprint density at radius 2 is 1.59 bits per heavy atom. The molecule has 0 saturated heterocycles. The van der Waals surface area contributed by atoms with Crippen molar-refractivity contribution in [2.45, 2.75) is 72.1 Å². The molecule has 1 aromatic rings. The van der Waals surface area contributed by atoms with E-state index in [9.17, 15) is 14.7 Å². The van der Waals surface area contributed by atoms with Crippen LogP contribution in [0, 0.1) is 0 Å². The standard InChI is InChI=1S/C24H35NO6.K/c1-8-29-21(27)19(17-18-13-10-9-11-14-18)25(22(28)31-24(5,6)7)16-12-15-20(26)30-23(2,3)4;/h9-16,19,26H,8,17H2,1-7H3;/q;+1/p-1/b16-12+,20-15?;/t19-;/m0./s1. The van der Waals surface area contributed by atoms with Gasteiger partial charge in [0.1, 0.15) is 11.6 Å². The van der Waals surface area contributed by atoms with E-state index >= 15 is 0 Å². The Bertz CT molecular complexity index is 778. The summed E-state index contributed by atoms with van der Waals surface area (Å²) >= 11 is 0. The summed E-state index contributed by atoms with van der Waals surface area (Å²) in [6, 6.07) is 8.31. The van der Waals surface area contributed by atoms with E-state index in [0.29, 0.717) is 0 Å². The first-order chi connectivity index (χ1) is 14.3. The zero-order valence-electron chi connectivity index (χ0n) is 20.5. The van der Waals surface area contributed by atoms with E-state index in [1.807, 2.05) is 30.3 Å². The van der Waals surface area contributed by atoms with Gasteiger partial charge in [-0.3, -0.25) is 4.90 Å². The predicted molar refractivity (Wildman–Crippen MR) is 117 cm³/mol. The molecule has 1 amide bonds. The third kappa shape index (κ3) is 12.6. The summed E-state index contributed by atoms with van der Waals surface area (Å²) in [4.78, 5) is 26.8. The number of ether oxygens (including phenoxy) is 3. The van der Waals surface area contributed by atoms with Crippen molar-refractivity contribution in [3.8, 4) is 0 Å². The first-order valence-electron chi connectivity index (χ1n) is 10.3. The summed E-state index contributed by atoms with van der Waals surface area (Å²) in [5.41, 5.74) is -0.574. The van der Waals surface area contributed by atoms with Crippen molar-refractivity contribution in [1.29, 1.82) is 0 Å². The zero-order chi connectivity index (χ0) is 23.7. The van der Waals surface area contributed by atoms with Gasteiger partial charge in [0, 0.05) is 18.2 Å². The van der Waals surface area contributed by atoms with E-state index in [1.54, 1.807) is 48.5 Å². The van der Waals surface area contributed by atoms with Gasteiger partial charge in [-0.05, 0) is 45.4 Å². The maximum absolute atomic E-state index is 12.9. The molecule has 0 heterocycles. The van der Waals surface area contributed by atoms with Gasteiger partial charge in [0.15, 0.2) is 0 Å². The quantitative estimate of drug-likeness (QED) is 0.243. The van der Waals surface area contributed by atoms with Crippen LogP contribution in [0.25, 0.3) is 0 Å². The number of carbonyl (C=O) groups excluding carboxylic acids is 2. The average molecular weight is 472 g/mol. The summed E-state index contributed by atoms with van der Waals surface area (Å²) in [7, 11) is 0. The average Bonchev–Trinajstić information content (AvgIpc) is 2.62. The minimum absolute atomic E-state index is 0. The summed E-state index contributed by atoms with van der Waals surface area (Å²) in [6.45, 7) is 12.3. The molecule has 1 rings (SSSR count). The first-order valence-corrected chi connectivity index (χ1v) is 10.3. The molecule has 0 aromatic heterocycles. The van der Waals surface area contributed by atoms with Crippen molar-refractivity contribution < 1.29 is 80.3 Å². The summed E-state index contributed by atoms with van der Waals surface area (Å²) in [6.07, 6.45) is 3.37. The molecule has 0 fully saturated rings. The Morgan fingerprint density at radius 1 is 1.03 bits per heavy atom. The molecule has 1 atom stereocenters. The van der Waals surface area contributed by atoms with Crippen LogP contribution in [-0.4, -0.2) is 40.8 Å². The maximum atomic E-state index is 12.9. The van der Waals surface area contributed by atoms with Crippen LogP contribution in [0.5, 0.6) is 0 Å². The van der Waals surface area contributed by atoms with Crippen molar-refractivity contribution in [3.05, 3.63) is 60.2 Å². The predicted octanol–water partition coefficient (Wildman–Crippen LogP) is 0.932. The van der Waals surface area contributed by atoms with Crippen molar-refractivity contribution in [3.63, 3.8) is 0 Å². The molecular weight excluding hydrogens is 437 g/mol. The Hall–Kier alpha value is -1.32. The van der Waals surface area contributed by atoms with Crippen LogP contribution in [0.1, 0.15) is 54.0 Å². The molecular formula is C24H34KNO6. The number of rotatable bonds is 8. The molecule has 0 spiro atoms. The van der Waals surface area contributed by atoms with Gasteiger partial charge in [0.25, 0.3) is 0 Å². The number of esters is 1. The van der Waals surface area contributed by atoms with Crippen LogP contribution in [0.4, 0.5) is 4.79 Å². The van der Waals surface area contributed by atoms with Crippen molar-refractivity contribution >= 4 is 12.1 Å². The summed E-state index contributed by atoms with van der Waals surface area (Å²) in [5.74, 6) is -1.14. The van der Waals surface area contributed by atoms with E-state index in [-0.39, 0.29) is 64.4 Å². The van der Waals surface area contributed by atoms with E-state index in [0.717, 1.165) is 10.5 Å². The molecule has 0 unspecified atom stereocenters. The smallest absolute Gasteiger partial charge is 0.608 e.